The third kappa shape index (κ3) is 1.78. The van der Waals surface area contributed by atoms with E-state index >= 15 is 0 Å². The van der Waals surface area contributed by atoms with Gasteiger partial charge in [0.15, 0.2) is 5.71 Å². The number of aromatic nitrogens is 4. The van der Waals surface area contributed by atoms with Crippen molar-refractivity contribution in [1.82, 2.24) is 20.3 Å². The van der Waals surface area contributed by atoms with Gasteiger partial charge < -0.3 is 0 Å². The number of nitrogens with zero attached hydrogens (tertiary/aromatic N) is 5. The summed E-state index contributed by atoms with van der Waals surface area (Å²) in [5.74, 6) is -1.10. The van der Waals surface area contributed by atoms with Crippen LogP contribution in [0.25, 0.3) is 0 Å². The van der Waals surface area contributed by atoms with Gasteiger partial charge in [-0.3, -0.25) is 10.1 Å². The fourth-order valence-corrected chi connectivity index (χ4v) is 0.953. The van der Waals surface area contributed by atoms with Gasteiger partial charge in [-0.25, -0.2) is 0 Å². The highest BCUT2D eigenvalue weighted by Crippen LogP contribution is 2.21. The standard InChI is InChI=1S/C5H3F3N6O/c6-5(7,8)2-1-3(15)9-4-10-12-13-14(4)11-2/h1H2,(H,9,10,13,15). The van der Waals surface area contributed by atoms with Gasteiger partial charge in [-0.1, -0.05) is 9.89 Å². The second-order valence-electron chi connectivity index (χ2n) is 2.66. The van der Waals surface area contributed by atoms with Crippen LogP contribution in [0.2, 0.25) is 0 Å². The average Bonchev–Trinajstić information content (AvgIpc) is 2.44. The summed E-state index contributed by atoms with van der Waals surface area (Å²) in [6, 6.07) is 0. The summed E-state index contributed by atoms with van der Waals surface area (Å²) < 4.78 is 36.9. The van der Waals surface area contributed by atoms with E-state index in [1.165, 1.54) is 0 Å². The van der Waals surface area contributed by atoms with Gasteiger partial charge in [0.25, 0.3) is 5.95 Å². The molecular weight excluding hydrogens is 217 g/mol. The molecule has 1 aliphatic rings. The highest BCUT2D eigenvalue weighted by Gasteiger charge is 2.39. The predicted octanol–water partition coefficient (Wildman–Crippen LogP) is -0.218. The van der Waals surface area contributed by atoms with Crippen LogP contribution in [-0.4, -0.2) is 38.1 Å². The molecule has 80 valence electrons. The van der Waals surface area contributed by atoms with E-state index < -0.39 is 24.2 Å². The number of carbonyl (C=O) groups excluding carboxylic acids is 1. The normalized spacial score (nSPS) is 16.5. The minimum atomic E-state index is -4.68. The molecule has 0 saturated carbocycles. The van der Waals surface area contributed by atoms with Gasteiger partial charge in [0.2, 0.25) is 5.91 Å². The Hall–Kier alpha value is -2.00. The second kappa shape index (κ2) is 3.00. The molecule has 1 amide bonds. The molecule has 1 aromatic rings. The molecule has 2 heterocycles. The largest absolute Gasteiger partial charge is 0.431 e. The second-order valence-corrected chi connectivity index (χ2v) is 2.66. The number of amides is 1. The van der Waals surface area contributed by atoms with Crippen molar-refractivity contribution in [3.8, 4) is 0 Å². The summed E-state index contributed by atoms with van der Waals surface area (Å²) in [6.07, 6.45) is -5.54. The van der Waals surface area contributed by atoms with E-state index in [0.29, 0.717) is 4.79 Å². The zero-order valence-corrected chi connectivity index (χ0v) is 6.99. The number of anilines is 1. The maximum atomic E-state index is 12.3. The molecule has 0 spiro atoms. The molecule has 0 unspecified atom stereocenters. The molecule has 1 aliphatic heterocycles. The maximum Gasteiger partial charge on any atom is 0.431 e. The molecule has 0 aliphatic carbocycles. The van der Waals surface area contributed by atoms with Gasteiger partial charge in [0.05, 0.1) is 6.42 Å². The van der Waals surface area contributed by atoms with Crippen molar-refractivity contribution < 1.29 is 18.0 Å². The zero-order valence-electron chi connectivity index (χ0n) is 6.99. The van der Waals surface area contributed by atoms with Gasteiger partial charge in [-0.05, 0) is 10.4 Å². The Morgan fingerprint density at radius 2 is 2.13 bits per heavy atom. The van der Waals surface area contributed by atoms with Gasteiger partial charge in [0.1, 0.15) is 0 Å². The average molecular weight is 220 g/mol. The number of halogens is 3. The summed E-state index contributed by atoms with van der Waals surface area (Å²) in [5.41, 5.74) is -1.24. The Balaban J connectivity index is 2.47. The fraction of sp³-hybridized carbons (Fsp3) is 0.400. The fourth-order valence-electron chi connectivity index (χ4n) is 0.953. The molecule has 0 radical (unpaired) electrons. The van der Waals surface area contributed by atoms with Gasteiger partial charge in [-0.2, -0.15) is 13.2 Å². The van der Waals surface area contributed by atoms with Gasteiger partial charge in [-0.15, -0.1) is 5.10 Å². The van der Waals surface area contributed by atoms with Crippen molar-refractivity contribution in [2.45, 2.75) is 12.6 Å². The smallest absolute Gasteiger partial charge is 0.291 e. The van der Waals surface area contributed by atoms with Crippen LogP contribution >= 0.6 is 0 Å². The van der Waals surface area contributed by atoms with Gasteiger partial charge in [0, 0.05) is 0 Å². The van der Waals surface area contributed by atoms with E-state index in [2.05, 4.69) is 25.9 Å². The minimum absolute atomic E-state index is 0.237. The van der Waals surface area contributed by atoms with Crippen LogP contribution in [0.5, 0.6) is 0 Å². The Bertz CT molecular complexity index is 434. The maximum absolute atomic E-state index is 12.3. The molecule has 7 nitrogen and oxygen atoms in total. The third-order valence-corrected chi connectivity index (χ3v) is 1.58. The summed E-state index contributed by atoms with van der Waals surface area (Å²) in [4.78, 5) is 11.5. The monoisotopic (exact) mass is 220 g/mol. The summed E-state index contributed by atoms with van der Waals surface area (Å²) in [6.45, 7) is 0. The molecule has 0 atom stereocenters. The molecule has 0 bridgehead atoms. The van der Waals surface area contributed by atoms with Crippen LogP contribution in [0.3, 0.4) is 0 Å². The Morgan fingerprint density at radius 1 is 1.40 bits per heavy atom. The number of hydrogen-bond donors (Lipinski definition) is 1. The highest BCUT2D eigenvalue weighted by molar-refractivity contribution is 6.08. The number of rotatable bonds is 0. The first-order valence-electron chi connectivity index (χ1n) is 3.70. The van der Waals surface area contributed by atoms with E-state index in [9.17, 15) is 18.0 Å². The van der Waals surface area contributed by atoms with Crippen LogP contribution in [0.1, 0.15) is 6.42 Å². The number of tetrazole rings is 1. The number of alkyl halides is 3. The lowest BCUT2D eigenvalue weighted by molar-refractivity contribution is -0.116. The summed E-state index contributed by atoms with van der Waals surface area (Å²) >= 11 is 0. The molecule has 10 heteroatoms. The first-order chi connectivity index (χ1) is 6.97. The first kappa shape index (κ1) is 9.55. The van der Waals surface area contributed by atoms with Crippen LogP contribution in [0.15, 0.2) is 5.10 Å². The lowest BCUT2D eigenvalue weighted by Gasteiger charge is -2.05. The topological polar surface area (TPSA) is 85.1 Å². The number of nitrogens with one attached hydrogen (secondary N) is 1. The highest BCUT2D eigenvalue weighted by atomic mass is 19.4. The number of fused-ring (bicyclic) bond motifs is 1. The Labute approximate surface area is 79.9 Å². The van der Waals surface area contributed by atoms with Crippen molar-refractivity contribution in [3.05, 3.63) is 0 Å². The minimum Gasteiger partial charge on any atom is -0.291 e. The summed E-state index contributed by atoms with van der Waals surface area (Å²) in [5, 5.41) is 14.7. The molecule has 2 rings (SSSR count). The van der Waals surface area contributed by atoms with Crippen LogP contribution < -0.4 is 5.32 Å². The molecule has 0 aromatic carbocycles. The molecule has 0 fully saturated rings. The first-order valence-corrected chi connectivity index (χ1v) is 3.70. The lowest BCUT2D eigenvalue weighted by Crippen LogP contribution is -2.27. The van der Waals surface area contributed by atoms with Crippen molar-refractivity contribution in [3.63, 3.8) is 0 Å². The van der Waals surface area contributed by atoms with Crippen molar-refractivity contribution >= 4 is 17.6 Å². The molecule has 0 saturated heterocycles. The van der Waals surface area contributed by atoms with Crippen molar-refractivity contribution in [2.24, 2.45) is 5.10 Å². The zero-order chi connectivity index (χ0) is 11.1. The summed E-state index contributed by atoms with van der Waals surface area (Å²) in [7, 11) is 0. The van der Waals surface area contributed by atoms with E-state index in [1.54, 1.807) is 0 Å². The SMILES string of the molecule is O=C1CC(C(F)(F)F)=Nn2nnnc2N1. The molecule has 1 N–H and O–H groups in total. The number of carbonyl (C=O) groups is 1. The Morgan fingerprint density at radius 3 is 2.80 bits per heavy atom. The van der Waals surface area contributed by atoms with E-state index in [4.69, 9.17) is 0 Å². The predicted molar refractivity (Wildman–Crippen MR) is 40.0 cm³/mol. The third-order valence-electron chi connectivity index (χ3n) is 1.58. The quantitative estimate of drug-likeness (QED) is 0.655. The van der Waals surface area contributed by atoms with E-state index in [1.807, 2.05) is 0 Å². The van der Waals surface area contributed by atoms with Crippen molar-refractivity contribution in [2.75, 3.05) is 5.32 Å². The van der Waals surface area contributed by atoms with E-state index in [0.717, 1.165) is 0 Å². The van der Waals surface area contributed by atoms with Crippen molar-refractivity contribution in [1.29, 1.82) is 0 Å². The molecule has 1 aromatic heterocycles. The van der Waals surface area contributed by atoms with Crippen LogP contribution in [-0.2, 0) is 4.79 Å². The van der Waals surface area contributed by atoms with Gasteiger partial charge >= 0.3 is 6.18 Å². The Kier molecular flexibility index (Phi) is 1.91. The molecular formula is C5H3F3N6O. The van der Waals surface area contributed by atoms with E-state index in [-0.39, 0.29) is 5.95 Å². The lowest BCUT2D eigenvalue weighted by atomic mass is 10.2. The number of hydrogen-bond acceptors (Lipinski definition) is 5. The van der Waals surface area contributed by atoms with Crippen LogP contribution in [0, 0.1) is 0 Å². The van der Waals surface area contributed by atoms with Crippen LogP contribution in [0.4, 0.5) is 19.1 Å². The molecule has 15 heavy (non-hydrogen) atoms.